The molecule has 6 heteroatoms. The number of hydrogen-bond acceptors (Lipinski definition) is 5. The molecule has 0 saturated carbocycles. The summed E-state index contributed by atoms with van der Waals surface area (Å²) in [6.45, 7) is 3.88. The predicted octanol–water partition coefficient (Wildman–Crippen LogP) is 2.13. The molecular weight excluding hydrogens is 264 g/mol. The van der Waals surface area contributed by atoms with E-state index in [0.29, 0.717) is 24.6 Å². The number of rotatable bonds is 7. The molecule has 102 valence electrons. The fourth-order valence-corrected chi connectivity index (χ4v) is 2.26. The van der Waals surface area contributed by atoms with Gasteiger partial charge in [-0.15, -0.1) is 11.3 Å². The average Bonchev–Trinajstić information content (AvgIpc) is 3.04. The molecule has 0 spiro atoms. The Morgan fingerprint density at radius 2 is 2.26 bits per heavy atom. The second-order valence-corrected chi connectivity index (χ2v) is 5.22. The van der Waals surface area contributed by atoms with Crippen molar-refractivity contribution in [1.29, 1.82) is 0 Å². The molecule has 5 nitrogen and oxygen atoms in total. The highest BCUT2D eigenvalue weighted by Crippen LogP contribution is 2.15. The van der Waals surface area contributed by atoms with Gasteiger partial charge in [0.2, 0.25) is 0 Å². The third-order valence-corrected chi connectivity index (χ3v) is 3.41. The highest BCUT2D eigenvalue weighted by Gasteiger charge is 2.08. The van der Waals surface area contributed by atoms with Crippen LogP contribution in [0.4, 0.5) is 0 Å². The first-order valence-corrected chi connectivity index (χ1v) is 6.86. The number of thiophene rings is 1. The van der Waals surface area contributed by atoms with E-state index in [-0.39, 0.29) is 12.6 Å². The monoisotopic (exact) mass is 280 g/mol. The van der Waals surface area contributed by atoms with Crippen molar-refractivity contribution >= 4 is 17.3 Å². The van der Waals surface area contributed by atoms with Crippen LogP contribution >= 0.6 is 11.3 Å². The molecule has 19 heavy (non-hydrogen) atoms. The number of aromatic nitrogens is 2. The predicted molar refractivity (Wildman–Crippen MR) is 72.4 cm³/mol. The van der Waals surface area contributed by atoms with Crippen molar-refractivity contribution in [3.8, 4) is 0 Å². The lowest BCUT2D eigenvalue weighted by molar-refractivity contribution is 0.0308. The van der Waals surface area contributed by atoms with Crippen molar-refractivity contribution in [3.63, 3.8) is 0 Å². The summed E-state index contributed by atoms with van der Waals surface area (Å²) < 4.78 is 12.3. The SMILES string of the molecule is Cc1ccc(C(=O)OCCOCCn2cccn2)s1. The van der Waals surface area contributed by atoms with Gasteiger partial charge >= 0.3 is 5.97 Å². The molecule has 2 aromatic heterocycles. The second-order valence-electron chi connectivity index (χ2n) is 3.93. The Balaban J connectivity index is 1.55. The van der Waals surface area contributed by atoms with Gasteiger partial charge in [-0.1, -0.05) is 0 Å². The van der Waals surface area contributed by atoms with E-state index in [1.54, 1.807) is 16.9 Å². The molecule has 0 unspecified atom stereocenters. The Bertz CT molecular complexity index is 508. The van der Waals surface area contributed by atoms with Gasteiger partial charge in [-0.3, -0.25) is 4.68 Å². The van der Waals surface area contributed by atoms with Gasteiger partial charge in [0.05, 0.1) is 19.8 Å². The summed E-state index contributed by atoms with van der Waals surface area (Å²) in [4.78, 5) is 13.3. The molecule has 2 heterocycles. The molecule has 0 aliphatic heterocycles. The fourth-order valence-electron chi connectivity index (χ4n) is 1.50. The first-order valence-electron chi connectivity index (χ1n) is 6.04. The third-order valence-electron chi connectivity index (χ3n) is 2.43. The van der Waals surface area contributed by atoms with Gasteiger partial charge in [0.25, 0.3) is 0 Å². The largest absolute Gasteiger partial charge is 0.459 e. The smallest absolute Gasteiger partial charge is 0.348 e. The molecule has 0 bridgehead atoms. The van der Waals surface area contributed by atoms with Crippen molar-refractivity contribution in [3.05, 3.63) is 40.3 Å². The first-order chi connectivity index (χ1) is 9.25. The zero-order chi connectivity index (χ0) is 13.5. The molecule has 2 aromatic rings. The standard InChI is InChI=1S/C13H16N2O3S/c1-11-3-4-12(19-11)13(16)18-10-9-17-8-7-15-6-2-5-14-15/h2-6H,7-10H2,1H3. The number of nitrogens with zero attached hydrogens (tertiary/aromatic N) is 2. The number of aryl methyl sites for hydroxylation is 1. The second kappa shape index (κ2) is 7.06. The molecule has 0 aromatic carbocycles. The number of hydrogen-bond donors (Lipinski definition) is 0. The van der Waals surface area contributed by atoms with Gasteiger partial charge < -0.3 is 9.47 Å². The van der Waals surface area contributed by atoms with E-state index in [1.807, 2.05) is 25.3 Å². The van der Waals surface area contributed by atoms with Crippen LogP contribution in [0.3, 0.4) is 0 Å². The van der Waals surface area contributed by atoms with Gasteiger partial charge in [0, 0.05) is 17.3 Å². The maximum atomic E-state index is 11.6. The highest BCUT2D eigenvalue weighted by atomic mass is 32.1. The molecular formula is C13H16N2O3S. The summed E-state index contributed by atoms with van der Waals surface area (Å²) in [5.41, 5.74) is 0. The zero-order valence-electron chi connectivity index (χ0n) is 10.7. The van der Waals surface area contributed by atoms with Crippen LogP contribution in [0.2, 0.25) is 0 Å². The van der Waals surface area contributed by atoms with Crippen molar-refractivity contribution in [2.24, 2.45) is 0 Å². The molecule has 0 amide bonds. The maximum absolute atomic E-state index is 11.6. The Morgan fingerprint density at radius 3 is 2.95 bits per heavy atom. The lowest BCUT2D eigenvalue weighted by Crippen LogP contribution is -2.12. The van der Waals surface area contributed by atoms with Crippen molar-refractivity contribution in [2.45, 2.75) is 13.5 Å². The van der Waals surface area contributed by atoms with E-state index in [9.17, 15) is 4.79 Å². The summed E-state index contributed by atoms with van der Waals surface area (Å²) in [5, 5.41) is 4.06. The molecule has 0 aliphatic carbocycles. The molecule has 0 radical (unpaired) electrons. The van der Waals surface area contributed by atoms with Gasteiger partial charge in [-0.05, 0) is 25.1 Å². The van der Waals surface area contributed by atoms with Crippen LogP contribution in [0.1, 0.15) is 14.5 Å². The van der Waals surface area contributed by atoms with Crippen molar-refractivity contribution in [1.82, 2.24) is 9.78 Å². The van der Waals surface area contributed by atoms with Crippen LogP contribution in [-0.2, 0) is 16.0 Å². The van der Waals surface area contributed by atoms with E-state index in [1.165, 1.54) is 11.3 Å². The van der Waals surface area contributed by atoms with Crippen LogP contribution < -0.4 is 0 Å². The van der Waals surface area contributed by atoms with Gasteiger partial charge in [-0.25, -0.2) is 4.79 Å². The Morgan fingerprint density at radius 1 is 1.37 bits per heavy atom. The fraction of sp³-hybridized carbons (Fsp3) is 0.385. The van der Waals surface area contributed by atoms with Gasteiger partial charge in [0.15, 0.2) is 0 Å². The summed E-state index contributed by atoms with van der Waals surface area (Å²) in [7, 11) is 0. The van der Waals surface area contributed by atoms with E-state index in [0.717, 1.165) is 4.88 Å². The quantitative estimate of drug-likeness (QED) is 0.576. The van der Waals surface area contributed by atoms with Gasteiger partial charge in [0.1, 0.15) is 11.5 Å². The minimum Gasteiger partial charge on any atom is -0.459 e. The van der Waals surface area contributed by atoms with Gasteiger partial charge in [-0.2, -0.15) is 5.10 Å². The zero-order valence-corrected chi connectivity index (χ0v) is 11.6. The van der Waals surface area contributed by atoms with Crippen LogP contribution in [0.15, 0.2) is 30.6 Å². The number of carbonyl (C=O) groups is 1. The van der Waals surface area contributed by atoms with E-state index in [2.05, 4.69) is 5.10 Å². The van der Waals surface area contributed by atoms with Crippen molar-refractivity contribution < 1.29 is 14.3 Å². The molecule has 0 saturated heterocycles. The average molecular weight is 280 g/mol. The highest BCUT2D eigenvalue weighted by molar-refractivity contribution is 7.13. The van der Waals surface area contributed by atoms with Crippen LogP contribution in [-0.4, -0.2) is 35.6 Å². The lowest BCUT2D eigenvalue weighted by Gasteiger charge is -2.05. The summed E-state index contributed by atoms with van der Waals surface area (Å²) >= 11 is 1.44. The summed E-state index contributed by atoms with van der Waals surface area (Å²) in [5.74, 6) is -0.284. The molecule has 0 N–H and O–H groups in total. The number of ether oxygens (including phenoxy) is 2. The van der Waals surface area contributed by atoms with Crippen molar-refractivity contribution in [2.75, 3.05) is 19.8 Å². The number of esters is 1. The van der Waals surface area contributed by atoms with E-state index < -0.39 is 0 Å². The van der Waals surface area contributed by atoms with E-state index in [4.69, 9.17) is 9.47 Å². The van der Waals surface area contributed by atoms with E-state index >= 15 is 0 Å². The minimum atomic E-state index is -0.284. The normalized spacial score (nSPS) is 10.6. The topological polar surface area (TPSA) is 53.4 Å². The summed E-state index contributed by atoms with van der Waals surface area (Å²) in [6, 6.07) is 5.55. The molecule has 2 rings (SSSR count). The first kappa shape index (κ1) is 13.8. The molecule has 0 aliphatic rings. The Labute approximate surface area is 115 Å². The third kappa shape index (κ3) is 4.50. The summed E-state index contributed by atoms with van der Waals surface area (Å²) in [6.07, 6.45) is 3.60. The van der Waals surface area contributed by atoms with Crippen LogP contribution in [0.5, 0.6) is 0 Å². The minimum absolute atomic E-state index is 0.273. The lowest BCUT2D eigenvalue weighted by atomic mass is 10.4. The molecule has 0 atom stereocenters. The Kier molecular flexibility index (Phi) is 5.11. The van der Waals surface area contributed by atoms with Crippen LogP contribution in [0, 0.1) is 6.92 Å². The number of carbonyl (C=O) groups excluding carboxylic acids is 1. The molecule has 0 fully saturated rings. The van der Waals surface area contributed by atoms with Crippen LogP contribution in [0.25, 0.3) is 0 Å². The maximum Gasteiger partial charge on any atom is 0.348 e. The Hall–Kier alpha value is -1.66.